The molecule has 1 saturated heterocycles. The molecule has 276 valence electrons. The molecule has 0 amide bonds. The fourth-order valence-electron chi connectivity index (χ4n) is 8.70. The van der Waals surface area contributed by atoms with Crippen LogP contribution in [0.4, 0.5) is 17.2 Å². The predicted octanol–water partition coefficient (Wildman–Crippen LogP) is 9.56. The van der Waals surface area contributed by atoms with Crippen molar-refractivity contribution < 1.29 is 8.22 Å². The van der Waals surface area contributed by atoms with E-state index in [9.17, 15) is 0 Å². The van der Waals surface area contributed by atoms with E-state index in [0.717, 1.165) is 44.7 Å². The lowest BCUT2D eigenvalue weighted by Gasteiger charge is -2.56. The second-order valence-corrected chi connectivity index (χ2v) is 15.7. The maximum absolute atomic E-state index is 8.95. The molecule has 0 N–H and O–H groups in total. The van der Waals surface area contributed by atoms with Crippen LogP contribution in [0.5, 0.6) is 0 Å². The monoisotopic (exact) mass is 768 g/mol. The minimum absolute atomic E-state index is 0.285. The van der Waals surface area contributed by atoms with Crippen molar-refractivity contribution in [3.05, 3.63) is 224 Å². The molecule has 2 aliphatic rings. The normalized spacial score (nSPS) is 16.6. The molecule has 1 aromatic heterocycles. The molecule has 0 aliphatic carbocycles. The summed E-state index contributed by atoms with van der Waals surface area (Å²) in [7, 11) is 0. The van der Waals surface area contributed by atoms with Crippen molar-refractivity contribution in [2.75, 3.05) is 14.2 Å². The summed E-state index contributed by atoms with van der Waals surface area (Å²) in [5.41, 5.74) is 5.05. The number of fused-ring (bicyclic) bond motifs is 2. The van der Waals surface area contributed by atoms with Gasteiger partial charge >= 0.3 is 20.9 Å². The number of hydrogen-bond acceptors (Lipinski definition) is 5. The number of anilines is 3. The first-order valence-corrected chi connectivity index (χ1v) is 20.4. The second kappa shape index (κ2) is 15.2. The zero-order chi connectivity index (χ0) is 44.1. The zero-order valence-corrected chi connectivity index (χ0v) is 32.5. The summed E-state index contributed by atoms with van der Waals surface area (Å²) in [5, 5.41) is 0. The summed E-state index contributed by atoms with van der Waals surface area (Å²) in [4.78, 5) is 6.30. The van der Waals surface area contributed by atoms with Crippen molar-refractivity contribution in [2.24, 2.45) is 0 Å². The van der Waals surface area contributed by atoms with Gasteiger partial charge in [-0.15, -0.1) is 0 Å². The third kappa shape index (κ3) is 6.29. The van der Waals surface area contributed by atoms with Crippen LogP contribution in [0.25, 0.3) is 11.1 Å². The van der Waals surface area contributed by atoms with Crippen LogP contribution in [-0.2, 0) is 5.41 Å². The average molecular weight is 768 g/mol. The van der Waals surface area contributed by atoms with Gasteiger partial charge < -0.3 is 14.2 Å². The highest BCUT2D eigenvalue weighted by molar-refractivity contribution is 7.99. The van der Waals surface area contributed by atoms with E-state index >= 15 is 0 Å². The van der Waals surface area contributed by atoms with Crippen LogP contribution < -0.4 is 30.6 Å². The quantitative estimate of drug-likeness (QED) is 0.150. The first-order valence-electron chi connectivity index (χ1n) is 22.6. The fourth-order valence-corrected chi connectivity index (χ4v) is 10.0. The number of benzene rings is 7. The molecular weight excluding hydrogens is 721 g/mol. The SMILES string of the molecule is [2H]C([2H])([2H])C1(C([2H])([2H])[2H])c2ccccc2Sc2c(-c3cccc(B4N(c5ccccc5)B(c5ccccc5)N(c5ccccn5)B(c5ccccc5)N4c4ccccc4)c3)cccc21. The average Bonchev–Trinajstić information content (AvgIpc) is 3.32. The maximum atomic E-state index is 8.95. The van der Waals surface area contributed by atoms with Gasteiger partial charge in [0.2, 0.25) is 0 Å². The Kier molecular flexibility index (Phi) is 7.81. The van der Waals surface area contributed by atoms with E-state index in [1.165, 1.54) is 11.8 Å². The third-order valence-corrected chi connectivity index (χ3v) is 12.4. The van der Waals surface area contributed by atoms with Gasteiger partial charge in [-0.25, -0.2) is 4.98 Å². The summed E-state index contributed by atoms with van der Waals surface area (Å²) in [6, 6.07) is 69.1. The van der Waals surface area contributed by atoms with Gasteiger partial charge in [0.15, 0.2) is 0 Å². The smallest absolute Gasteiger partial charge is 0.390 e. The van der Waals surface area contributed by atoms with E-state index < -0.39 is 26.1 Å². The number of para-hydroxylation sites is 2. The molecule has 0 saturated carbocycles. The summed E-state index contributed by atoms with van der Waals surface area (Å²) in [6.45, 7) is -6.99. The van der Waals surface area contributed by atoms with Crippen molar-refractivity contribution >= 4 is 66.3 Å². The van der Waals surface area contributed by atoms with Crippen LogP contribution in [0, 0.1) is 0 Å². The lowest BCUT2D eigenvalue weighted by atomic mass is 9.37. The number of rotatable bonds is 7. The Morgan fingerprint density at radius 1 is 0.483 bits per heavy atom. The molecule has 4 nitrogen and oxygen atoms in total. The predicted molar refractivity (Wildman–Crippen MR) is 248 cm³/mol. The Labute approximate surface area is 356 Å². The maximum Gasteiger partial charge on any atom is 0.390 e. The van der Waals surface area contributed by atoms with E-state index in [2.05, 4.69) is 135 Å². The van der Waals surface area contributed by atoms with E-state index in [1.807, 2.05) is 66.9 Å². The van der Waals surface area contributed by atoms with E-state index in [-0.39, 0.29) is 19.5 Å². The van der Waals surface area contributed by atoms with Gasteiger partial charge in [-0.1, -0.05) is 189 Å². The highest BCUT2D eigenvalue weighted by Crippen LogP contribution is 2.52. The van der Waals surface area contributed by atoms with Gasteiger partial charge in [0.25, 0.3) is 0 Å². The Bertz CT molecular complexity index is 2790. The Morgan fingerprint density at radius 2 is 1.00 bits per heavy atom. The van der Waals surface area contributed by atoms with Crippen LogP contribution in [0.1, 0.15) is 33.1 Å². The molecule has 0 unspecified atom stereocenters. The summed E-state index contributed by atoms with van der Waals surface area (Å²) in [6.07, 6.45) is 1.85. The molecule has 8 aromatic rings. The van der Waals surface area contributed by atoms with E-state index in [1.54, 1.807) is 24.3 Å². The Balaban J connectivity index is 1.26. The van der Waals surface area contributed by atoms with Crippen LogP contribution in [0.15, 0.2) is 222 Å². The van der Waals surface area contributed by atoms with Crippen LogP contribution in [0.3, 0.4) is 0 Å². The minimum atomic E-state index is -2.89. The largest absolute Gasteiger partial charge is 0.416 e. The molecule has 0 spiro atoms. The highest BCUT2D eigenvalue weighted by Gasteiger charge is 2.56. The molecule has 7 aromatic carbocycles. The molecule has 58 heavy (non-hydrogen) atoms. The fraction of sp³-hybridized carbons (Fsp3) is 0.0600. The summed E-state index contributed by atoms with van der Waals surface area (Å²) in [5.74, 6) is 0.805. The first-order chi connectivity index (χ1) is 31.1. The van der Waals surface area contributed by atoms with E-state index in [0.29, 0.717) is 15.4 Å². The summed E-state index contributed by atoms with van der Waals surface area (Å²) >= 11 is 1.43. The van der Waals surface area contributed by atoms with E-state index in [4.69, 9.17) is 13.2 Å². The summed E-state index contributed by atoms with van der Waals surface area (Å²) < 4.78 is 61.0. The van der Waals surface area contributed by atoms with Crippen molar-refractivity contribution in [2.45, 2.75) is 28.9 Å². The van der Waals surface area contributed by atoms with Gasteiger partial charge in [-0.2, -0.15) is 0 Å². The van der Waals surface area contributed by atoms with Gasteiger partial charge in [-0.3, -0.25) is 0 Å². The number of pyridine rings is 1. The molecule has 8 heteroatoms. The van der Waals surface area contributed by atoms with Gasteiger partial charge in [0.1, 0.15) is 5.82 Å². The second-order valence-electron chi connectivity index (χ2n) is 14.7. The van der Waals surface area contributed by atoms with Crippen LogP contribution >= 0.6 is 11.8 Å². The molecular formula is C50H41B3N4S. The first kappa shape index (κ1) is 29.8. The van der Waals surface area contributed by atoms with Gasteiger partial charge in [0, 0.05) is 41.0 Å². The molecule has 3 heterocycles. The molecule has 0 radical (unpaired) electrons. The molecule has 0 bridgehead atoms. The number of nitrogens with zero attached hydrogens (tertiary/aromatic N) is 4. The Morgan fingerprint density at radius 3 is 1.60 bits per heavy atom. The van der Waals surface area contributed by atoms with Crippen molar-refractivity contribution in [3.63, 3.8) is 0 Å². The molecule has 0 atom stereocenters. The van der Waals surface area contributed by atoms with Gasteiger partial charge in [-0.05, 0) is 81.1 Å². The third-order valence-electron chi connectivity index (χ3n) is 11.2. The number of hydrogen-bond donors (Lipinski definition) is 0. The van der Waals surface area contributed by atoms with Crippen molar-refractivity contribution in [3.8, 4) is 11.1 Å². The minimum Gasteiger partial charge on any atom is -0.416 e. The topological polar surface area (TPSA) is 22.6 Å². The molecule has 1 fully saturated rings. The standard InChI is InChI=1S/C50H41B3N4S/c1-50(2)45-32-15-16-34-47(45)58-49-44(31-20-33-46(49)50)38-21-19-26-41(37-38)53-55(42-27-11-5-12-28-42)51(39-22-7-3-8-23-39)57(48-35-17-18-36-54-48)52(40-24-9-4-10-25-40)56(53)43-29-13-6-14-30-43/h3-37H,1-2H3/i1D3,2D3. The van der Waals surface area contributed by atoms with Gasteiger partial charge in [0.05, 0.1) is 0 Å². The molecule has 10 rings (SSSR count). The Hall–Kier alpha value is -6.37. The van der Waals surface area contributed by atoms with Crippen LogP contribution in [0.2, 0.25) is 0 Å². The van der Waals surface area contributed by atoms with Crippen molar-refractivity contribution in [1.82, 2.24) is 4.98 Å². The zero-order valence-electron chi connectivity index (χ0n) is 37.6. The number of aromatic nitrogens is 1. The van der Waals surface area contributed by atoms with Crippen molar-refractivity contribution in [1.29, 1.82) is 0 Å². The van der Waals surface area contributed by atoms with Crippen LogP contribution in [-0.4, -0.2) is 25.9 Å². The lowest BCUT2D eigenvalue weighted by molar-refractivity contribution is 0.608. The highest BCUT2D eigenvalue weighted by atomic mass is 32.2. The molecule has 2 aliphatic heterocycles. The lowest BCUT2D eigenvalue weighted by Crippen LogP contribution is -2.86.